The molecule has 4 amide bonds. The van der Waals surface area contributed by atoms with Crippen LogP contribution >= 0.6 is 11.3 Å². The van der Waals surface area contributed by atoms with Gasteiger partial charge in [-0.2, -0.15) is 0 Å². The number of hydrogen-bond donors (Lipinski definition) is 2. The van der Waals surface area contributed by atoms with E-state index < -0.39 is 17.4 Å². The number of carbonyl (C=O) groups is 4. The number of aromatic nitrogens is 1. The molecule has 0 aromatic carbocycles. The first kappa shape index (κ1) is 37.2. The smallest absolute Gasteiger partial charge is 0.265 e. The Morgan fingerprint density at radius 2 is 1.70 bits per heavy atom. The number of methoxy groups -OCH3 is 1. The second kappa shape index (κ2) is 15.2. The Bertz CT molecular complexity index is 1370. The third kappa shape index (κ3) is 7.77. The van der Waals surface area contributed by atoms with Gasteiger partial charge < -0.3 is 29.9 Å². The first-order chi connectivity index (χ1) is 23.9. The number of aliphatic hydroxyl groups is 1. The third-order valence-electron chi connectivity index (χ3n) is 13.1. The van der Waals surface area contributed by atoms with Crippen molar-refractivity contribution in [1.29, 1.82) is 0 Å². The summed E-state index contributed by atoms with van der Waals surface area (Å²) >= 11 is 1.28. The van der Waals surface area contributed by atoms with Crippen molar-refractivity contribution in [3.8, 4) is 0 Å². The largest absolute Gasteiger partial charge is 0.396 e. The fourth-order valence-corrected chi connectivity index (χ4v) is 9.97. The molecule has 0 radical (unpaired) electrons. The number of nitrogens with one attached hydrogen (secondary N) is 1. The monoisotopic (exact) mass is 715 g/mol. The zero-order valence-electron chi connectivity index (χ0n) is 30.7. The molecule has 0 unspecified atom stereocenters. The van der Waals surface area contributed by atoms with Crippen LogP contribution in [0.25, 0.3) is 0 Å². The van der Waals surface area contributed by atoms with Crippen molar-refractivity contribution in [2.75, 3.05) is 59.6 Å². The lowest BCUT2D eigenvalue weighted by atomic mass is 9.59. The minimum absolute atomic E-state index is 0. The van der Waals surface area contributed by atoms with Crippen molar-refractivity contribution in [1.82, 2.24) is 25.0 Å². The average molecular weight is 716 g/mol. The molecular weight excluding hydrogens is 655 g/mol. The molecule has 2 N–H and O–H groups in total. The van der Waals surface area contributed by atoms with E-state index in [4.69, 9.17) is 9.84 Å². The Morgan fingerprint density at radius 1 is 1.00 bits per heavy atom. The molecule has 2 spiro atoms. The summed E-state index contributed by atoms with van der Waals surface area (Å²) in [6.07, 6.45) is 14.7. The molecule has 3 aliphatic heterocycles. The highest BCUT2D eigenvalue weighted by Gasteiger charge is 2.62. The van der Waals surface area contributed by atoms with Crippen LogP contribution in [0.3, 0.4) is 0 Å². The molecule has 6 fully saturated rings. The van der Waals surface area contributed by atoms with Gasteiger partial charge in [-0.1, -0.05) is 27.2 Å². The van der Waals surface area contributed by atoms with E-state index in [0.717, 1.165) is 24.7 Å². The predicted octanol–water partition coefficient (Wildman–Crippen LogP) is 4.45. The van der Waals surface area contributed by atoms with Crippen LogP contribution in [0.1, 0.15) is 102 Å². The SMILES string of the molecule is CC[C@H](NC(=O)[C@@H]1CN(C(=O)c2cncs2)CC12CN(C(=O)[C@H]1CC1(C)C)C2)C(=O)N1CCC[C@H](COC)C1.OCC1CCC2(CCC2)CC1.[HH]. The lowest BCUT2D eigenvalue weighted by Crippen LogP contribution is -2.65. The van der Waals surface area contributed by atoms with Gasteiger partial charge in [-0.25, -0.2) is 0 Å². The molecule has 1 aromatic heterocycles. The maximum Gasteiger partial charge on any atom is 0.265 e. The Hall–Kier alpha value is -2.57. The molecule has 3 saturated carbocycles. The van der Waals surface area contributed by atoms with Crippen LogP contribution in [0.4, 0.5) is 0 Å². The summed E-state index contributed by atoms with van der Waals surface area (Å²) in [5, 5.41) is 12.0. The minimum atomic E-state index is -0.618. The van der Waals surface area contributed by atoms with E-state index in [1.54, 1.807) is 23.7 Å². The topological polar surface area (TPSA) is 132 Å². The summed E-state index contributed by atoms with van der Waals surface area (Å²) in [5.74, 6) is 0.232. The van der Waals surface area contributed by atoms with Gasteiger partial charge in [0.05, 0.1) is 24.2 Å². The number of amides is 4. The number of nitrogens with zero attached hydrogens (tertiary/aromatic N) is 4. The van der Waals surface area contributed by atoms with Crippen LogP contribution in [0, 0.1) is 39.9 Å². The fraction of sp³-hybridized carbons (Fsp3) is 0.816. The molecule has 280 valence electrons. The van der Waals surface area contributed by atoms with Gasteiger partial charge in [0.1, 0.15) is 10.9 Å². The highest BCUT2D eigenvalue weighted by Crippen LogP contribution is 2.55. The standard InChI is InChI=1S/C28H41N5O5S.C10H18O.H2/c1-5-21(25(36)31-8-6-7-18(11-31)13-38-4)30-23(34)20-12-32(26(37)22-10-29-17-39-22)14-28(20)15-33(16-28)24(35)19-9-27(19,2)3;11-8-9-2-6-10(7-3-9)4-1-5-10;/h10,17-21H,5-9,11-16H2,1-4H3,(H,30,34);9,11H,1-8H2;1H/t18-,19+,20-,21-;;/m0../s1. The number of ether oxygens (including phenoxy) is 1. The van der Waals surface area contributed by atoms with Crippen molar-refractivity contribution >= 4 is 35.0 Å². The fourth-order valence-electron chi connectivity index (χ4n) is 9.38. The number of piperidine rings is 1. The maximum absolute atomic E-state index is 13.8. The van der Waals surface area contributed by atoms with Gasteiger partial charge in [-0.3, -0.25) is 24.2 Å². The van der Waals surface area contributed by atoms with E-state index in [2.05, 4.69) is 24.1 Å². The number of likely N-dealkylation sites (tertiary alicyclic amines) is 3. The van der Waals surface area contributed by atoms with Crippen LogP contribution in [0.2, 0.25) is 0 Å². The van der Waals surface area contributed by atoms with Gasteiger partial charge in [0, 0.05) is 65.7 Å². The van der Waals surface area contributed by atoms with Crippen LogP contribution in [0.5, 0.6) is 0 Å². The predicted molar refractivity (Wildman–Crippen MR) is 193 cm³/mol. The molecule has 4 heterocycles. The molecule has 7 rings (SSSR count). The normalized spacial score (nSPS) is 28.3. The van der Waals surface area contributed by atoms with E-state index >= 15 is 0 Å². The Balaban J connectivity index is 0.000000356. The Labute approximate surface area is 303 Å². The summed E-state index contributed by atoms with van der Waals surface area (Å²) in [6.45, 7) is 10.1. The molecule has 11 nitrogen and oxygen atoms in total. The number of rotatable bonds is 9. The number of carbonyl (C=O) groups excluding carboxylic acids is 4. The van der Waals surface area contributed by atoms with Crippen LogP contribution in [0.15, 0.2) is 11.7 Å². The number of aliphatic hydroxyl groups excluding tert-OH is 1. The van der Waals surface area contributed by atoms with E-state index in [0.29, 0.717) is 69.1 Å². The van der Waals surface area contributed by atoms with E-state index in [1.807, 2.05) is 16.7 Å². The Morgan fingerprint density at radius 3 is 2.26 bits per heavy atom. The number of hydrogen-bond acceptors (Lipinski definition) is 8. The van der Waals surface area contributed by atoms with Crippen molar-refractivity contribution < 1.29 is 30.4 Å². The molecule has 1 aromatic rings. The first-order valence-electron chi connectivity index (χ1n) is 19.1. The van der Waals surface area contributed by atoms with Crippen LogP contribution in [-0.4, -0.2) is 114 Å². The first-order valence-corrected chi connectivity index (χ1v) is 20.0. The molecule has 0 bridgehead atoms. The van der Waals surface area contributed by atoms with Crippen LogP contribution < -0.4 is 5.32 Å². The van der Waals surface area contributed by atoms with Gasteiger partial charge in [-0.05, 0) is 86.9 Å². The summed E-state index contributed by atoms with van der Waals surface area (Å²) < 4.78 is 5.31. The zero-order chi connectivity index (χ0) is 35.7. The zero-order valence-corrected chi connectivity index (χ0v) is 31.5. The molecule has 3 saturated heterocycles. The lowest BCUT2D eigenvalue weighted by Gasteiger charge is -2.50. The summed E-state index contributed by atoms with van der Waals surface area (Å²) in [7, 11) is 1.68. The van der Waals surface area contributed by atoms with E-state index in [9.17, 15) is 19.2 Å². The van der Waals surface area contributed by atoms with E-state index in [1.165, 1.54) is 56.3 Å². The molecule has 6 aliphatic rings. The van der Waals surface area contributed by atoms with Gasteiger partial charge in [-0.15, -0.1) is 11.3 Å². The molecule has 4 atom stereocenters. The number of thiazole rings is 1. The quantitative estimate of drug-likeness (QED) is 0.386. The van der Waals surface area contributed by atoms with E-state index in [-0.39, 0.29) is 42.9 Å². The van der Waals surface area contributed by atoms with Crippen molar-refractivity contribution in [2.24, 2.45) is 39.9 Å². The highest BCUT2D eigenvalue weighted by molar-refractivity contribution is 7.11. The van der Waals surface area contributed by atoms with Gasteiger partial charge in [0.15, 0.2) is 0 Å². The molecule has 3 aliphatic carbocycles. The van der Waals surface area contributed by atoms with Crippen molar-refractivity contribution in [3.05, 3.63) is 16.6 Å². The molecule has 50 heavy (non-hydrogen) atoms. The van der Waals surface area contributed by atoms with Crippen molar-refractivity contribution in [2.45, 2.75) is 97.4 Å². The van der Waals surface area contributed by atoms with Gasteiger partial charge in [0.2, 0.25) is 17.7 Å². The Kier molecular flexibility index (Phi) is 11.3. The van der Waals surface area contributed by atoms with Crippen LogP contribution in [-0.2, 0) is 19.1 Å². The average Bonchev–Trinajstić information content (AvgIpc) is 3.45. The summed E-state index contributed by atoms with van der Waals surface area (Å²) in [6, 6.07) is -0.618. The second-order valence-electron chi connectivity index (χ2n) is 17.1. The molecular formula is C38H61N5O6S. The van der Waals surface area contributed by atoms with Gasteiger partial charge >= 0.3 is 0 Å². The van der Waals surface area contributed by atoms with Gasteiger partial charge in [0.25, 0.3) is 5.91 Å². The maximum atomic E-state index is 13.8. The lowest BCUT2D eigenvalue weighted by molar-refractivity contribution is -0.152. The second-order valence-corrected chi connectivity index (χ2v) is 18.0. The molecule has 12 heteroatoms. The van der Waals surface area contributed by atoms with Crippen molar-refractivity contribution in [3.63, 3.8) is 0 Å². The highest BCUT2D eigenvalue weighted by atomic mass is 32.1. The minimum Gasteiger partial charge on any atom is -0.396 e. The summed E-state index contributed by atoms with van der Waals surface area (Å²) in [5.41, 5.74) is 1.92. The summed E-state index contributed by atoms with van der Waals surface area (Å²) in [4.78, 5) is 63.5. The third-order valence-corrected chi connectivity index (χ3v) is 13.9.